The van der Waals surface area contributed by atoms with Crippen molar-refractivity contribution >= 4 is 6.08 Å². The average molecular weight is 348 g/mol. The summed E-state index contributed by atoms with van der Waals surface area (Å²) in [4.78, 5) is 2.15. The first kappa shape index (κ1) is 17.7. The van der Waals surface area contributed by atoms with Crippen molar-refractivity contribution < 1.29 is 13.9 Å². The Hall–Kier alpha value is -2.12. The van der Waals surface area contributed by atoms with Crippen LogP contribution in [0.5, 0.6) is 0 Å². The van der Waals surface area contributed by atoms with Gasteiger partial charge >= 0.3 is 0 Å². The highest BCUT2D eigenvalue weighted by molar-refractivity contribution is 5.49. The van der Waals surface area contributed by atoms with Gasteiger partial charge in [0.25, 0.3) is 0 Å². The first-order valence-corrected chi connectivity index (χ1v) is 8.34. The van der Waals surface area contributed by atoms with E-state index in [0.29, 0.717) is 25.1 Å². The molecule has 0 aliphatic carbocycles. The molecule has 5 nitrogen and oxygen atoms in total. The van der Waals surface area contributed by atoms with Crippen LogP contribution in [0.3, 0.4) is 0 Å². The van der Waals surface area contributed by atoms with Crippen LogP contribution in [-0.4, -0.2) is 50.0 Å². The van der Waals surface area contributed by atoms with Crippen LogP contribution >= 0.6 is 0 Å². The summed E-state index contributed by atoms with van der Waals surface area (Å²) in [5, 5.41) is 18.8. The third-order valence-corrected chi connectivity index (χ3v) is 4.54. The van der Waals surface area contributed by atoms with Gasteiger partial charge in [-0.1, -0.05) is 18.2 Å². The number of aryl methyl sites for hydroxylation is 1. The molecule has 1 aromatic heterocycles. The van der Waals surface area contributed by atoms with Crippen molar-refractivity contribution in [3.8, 4) is 0 Å². The quantitative estimate of drug-likeness (QED) is 0.900. The molecular weight excluding hydrogens is 326 g/mol. The smallest absolute Gasteiger partial charge is 0.159 e. The van der Waals surface area contributed by atoms with Gasteiger partial charge in [0.1, 0.15) is 12.2 Å². The molecule has 3 rings (SSSR count). The van der Waals surface area contributed by atoms with Crippen molar-refractivity contribution in [2.45, 2.75) is 24.9 Å². The van der Waals surface area contributed by atoms with E-state index in [1.807, 2.05) is 17.7 Å². The highest BCUT2D eigenvalue weighted by Gasteiger charge is 2.34. The minimum absolute atomic E-state index is 0.465. The van der Waals surface area contributed by atoms with Crippen LogP contribution in [0, 0.1) is 11.6 Å². The van der Waals surface area contributed by atoms with Crippen molar-refractivity contribution in [1.82, 2.24) is 19.7 Å². The Balaban J connectivity index is 1.58. The van der Waals surface area contributed by atoms with Gasteiger partial charge in [0.2, 0.25) is 0 Å². The summed E-state index contributed by atoms with van der Waals surface area (Å²) in [6.45, 7) is 2.07. The van der Waals surface area contributed by atoms with Crippen molar-refractivity contribution in [3.05, 3.63) is 53.6 Å². The number of rotatable bonds is 5. The minimum atomic E-state index is -0.849. The Morgan fingerprint density at radius 3 is 2.88 bits per heavy atom. The van der Waals surface area contributed by atoms with Gasteiger partial charge in [0, 0.05) is 26.6 Å². The number of piperidine rings is 1. The maximum Gasteiger partial charge on any atom is 0.159 e. The van der Waals surface area contributed by atoms with E-state index < -0.39 is 17.2 Å². The second-order valence-electron chi connectivity index (χ2n) is 6.67. The summed E-state index contributed by atoms with van der Waals surface area (Å²) in [5.41, 5.74) is -0.209. The highest BCUT2D eigenvalue weighted by atomic mass is 19.2. The van der Waals surface area contributed by atoms with Gasteiger partial charge in [-0.2, -0.15) is 0 Å². The van der Waals surface area contributed by atoms with Gasteiger partial charge in [-0.3, -0.25) is 4.90 Å². The number of benzene rings is 1. The molecule has 25 heavy (non-hydrogen) atoms. The zero-order chi connectivity index (χ0) is 17.9. The Labute approximate surface area is 145 Å². The molecule has 0 spiro atoms. The number of halogens is 2. The number of hydrogen-bond acceptors (Lipinski definition) is 4. The van der Waals surface area contributed by atoms with Crippen LogP contribution < -0.4 is 0 Å². The molecule has 0 bridgehead atoms. The molecule has 0 amide bonds. The summed E-state index contributed by atoms with van der Waals surface area (Å²) in [5.74, 6) is -0.929. The fourth-order valence-corrected chi connectivity index (χ4v) is 3.22. The van der Waals surface area contributed by atoms with E-state index in [4.69, 9.17) is 0 Å². The van der Waals surface area contributed by atoms with Crippen molar-refractivity contribution in [1.29, 1.82) is 0 Å². The molecule has 1 aliphatic heterocycles. The third-order valence-electron chi connectivity index (χ3n) is 4.54. The van der Waals surface area contributed by atoms with Crippen molar-refractivity contribution in [2.24, 2.45) is 7.05 Å². The number of nitrogens with zero attached hydrogens (tertiary/aromatic N) is 4. The van der Waals surface area contributed by atoms with E-state index in [1.165, 1.54) is 12.1 Å². The van der Waals surface area contributed by atoms with Crippen LogP contribution in [0.2, 0.25) is 0 Å². The maximum absolute atomic E-state index is 13.2. The lowest BCUT2D eigenvalue weighted by molar-refractivity contribution is -0.0285. The van der Waals surface area contributed by atoms with Gasteiger partial charge in [0.15, 0.2) is 11.6 Å². The molecule has 1 atom stereocenters. The van der Waals surface area contributed by atoms with Crippen LogP contribution in [0.4, 0.5) is 8.78 Å². The Morgan fingerprint density at radius 2 is 2.16 bits per heavy atom. The van der Waals surface area contributed by atoms with Gasteiger partial charge in [-0.25, -0.2) is 8.78 Å². The van der Waals surface area contributed by atoms with Crippen LogP contribution in [-0.2, 0) is 13.5 Å². The monoisotopic (exact) mass is 348 g/mol. The number of likely N-dealkylation sites (tertiary alicyclic amines) is 1. The van der Waals surface area contributed by atoms with Crippen LogP contribution in [0.25, 0.3) is 6.08 Å². The molecule has 0 saturated carbocycles. The normalized spacial score (nSPS) is 21.9. The number of β-amino-alcohol motifs (C(OH)–C–C–N with tert-alkyl or cyclic N) is 1. The van der Waals surface area contributed by atoms with Crippen molar-refractivity contribution in [2.75, 3.05) is 19.6 Å². The lowest BCUT2D eigenvalue weighted by Gasteiger charge is -2.38. The molecule has 1 aliphatic rings. The summed E-state index contributed by atoms with van der Waals surface area (Å²) in [6, 6.07) is 3.83. The Bertz CT molecular complexity index is 761. The lowest BCUT2D eigenvalue weighted by Crippen LogP contribution is -2.49. The van der Waals surface area contributed by atoms with Gasteiger partial charge < -0.3 is 9.67 Å². The molecule has 0 radical (unpaired) electrons. The summed E-state index contributed by atoms with van der Waals surface area (Å²) >= 11 is 0. The topological polar surface area (TPSA) is 54.2 Å². The summed E-state index contributed by atoms with van der Waals surface area (Å²) < 4.78 is 28.0. The van der Waals surface area contributed by atoms with E-state index >= 15 is 0 Å². The summed E-state index contributed by atoms with van der Waals surface area (Å²) in [7, 11) is 1.86. The first-order valence-electron chi connectivity index (χ1n) is 8.34. The highest BCUT2D eigenvalue weighted by Crippen LogP contribution is 2.24. The second-order valence-corrected chi connectivity index (χ2v) is 6.67. The second kappa shape index (κ2) is 7.41. The van der Waals surface area contributed by atoms with Crippen molar-refractivity contribution in [3.63, 3.8) is 0 Å². The van der Waals surface area contributed by atoms with Gasteiger partial charge in [-0.15, -0.1) is 10.2 Å². The van der Waals surface area contributed by atoms with Crippen LogP contribution in [0.1, 0.15) is 24.2 Å². The lowest BCUT2D eigenvalue weighted by atomic mass is 9.89. The molecule has 2 aromatic rings. The predicted octanol–water partition coefficient (Wildman–Crippen LogP) is 2.18. The molecule has 134 valence electrons. The minimum Gasteiger partial charge on any atom is -0.388 e. The van der Waals surface area contributed by atoms with E-state index in [9.17, 15) is 13.9 Å². The van der Waals surface area contributed by atoms with E-state index in [1.54, 1.807) is 12.4 Å². The average Bonchev–Trinajstić information content (AvgIpc) is 2.95. The fourth-order valence-electron chi connectivity index (χ4n) is 3.22. The van der Waals surface area contributed by atoms with E-state index in [0.717, 1.165) is 31.3 Å². The third kappa shape index (κ3) is 4.49. The number of aliphatic hydroxyl groups is 1. The zero-order valence-electron chi connectivity index (χ0n) is 14.2. The van der Waals surface area contributed by atoms with Gasteiger partial charge in [-0.05, 0) is 37.1 Å². The van der Waals surface area contributed by atoms with Gasteiger partial charge in [0.05, 0.1) is 5.60 Å². The standard InChI is InChI=1S/C18H22F2N4O/c1-23-13-21-22-17(23)11-18(25)7-3-9-24(12-18)8-2-4-14-5-6-15(19)16(20)10-14/h2,4-6,10,13,25H,3,7-9,11-12H2,1H3/b4-2+. The molecule has 1 fully saturated rings. The predicted molar refractivity (Wildman–Crippen MR) is 90.7 cm³/mol. The Morgan fingerprint density at radius 1 is 1.32 bits per heavy atom. The SMILES string of the molecule is Cn1cnnc1CC1(O)CCCN(C/C=C/c2ccc(F)c(F)c2)C1. The summed E-state index contributed by atoms with van der Waals surface area (Å²) in [6.07, 6.45) is 7.38. The molecule has 7 heteroatoms. The molecule has 1 saturated heterocycles. The number of hydrogen-bond donors (Lipinski definition) is 1. The zero-order valence-corrected chi connectivity index (χ0v) is 14.2. The maximum atomic E-state index is 13.2. The first-order chi connectivity index (χ1) is 12.0. The molecule has 2 heterocycles. The number of aromatic nitrogens is 3. The molecular formula is C18H22F2N4O. The molecule has 1 aromatic carbocycles. The van der Waals surface area contributed by atoms with E-state index in [2.05, 4.69) is 15.1 Å². The fraction of sp³-hybridized carbons (Fsp3) is 0.444. The Kier molecular flexibility index (Phi) is 5.24. The molecule has 1 N–H and O–H groups in total. The van der Waals surface area contributed by atoms with Crippen LogP contribution in [0.15, 0.2) is 30.6 Å². The molecule has 1 unspecified atom stereocenters. The largest absolute Gasteiger partial charge is 0.388 e. The van der Waals surface area contributed by atoms with E-state index in [-0.39, 0.29) is 0 Å².